The monoisotopic (exact) mass is 297 g/mol. The minimum absolute atomic E-state index is 0.205. The number of carbonyl (C=O) groups is 1. The number of aromatic nitrogens is 2. The van der Waals surface area contributed by atoms with Gasteiger partial charge in [0.1, 0.15) is 11.6 Å². The minimum Gasteiger partial charge on any atom is -0.461 e. The van der Waals surface area contributed by atoms with E-state index in [4.69, 9.17) is 15.2 Å². The summed E-state index contributed by atoms with van der Waals surface area (Å²) in [6, 6.07) is 0. The Hall–Kier alpha value is -1.56. The average molecular weight is 297 g/mol. The number of rotatable bonds is 9. The van der Waals surface area contributed by atoms with Crippen LogP contribution in [0.4, 0.5) is 5.82 Å². The number of carbonyl (C=O) groups excluding carboxylic acids is 1. The molecule has 1 aromatic rings. The molecular formula is C15H27N3O3. The summed E-state index contributed by atoms with van der Waals surface area (Å²) in [6.07, 6.45) is 1.74. The Balaban J connectivity index is 2.66. The maximum Gasteiger partial charge on any atom is 0.360 e. The van der Waals surface area contributed by atoms with Crippen LogP contribution in [0, 0.1) is 5.92 Å². The molecule has 1 heterocycles. The summed E-state index contributed by atoms with van der Waals surface area (Å²) in [5, 5.41) is 0. The molecule has 0 spiro atoms. The zero-order chi connectivity index (χ0) is 15.8. The molecule has 2 N–H and O–H groups in total. The molecule has 1 aromatic heterocycles. The number of hydrogen-bond acceptors (Lipinski definition) is 5. The standard InChI is InChI=1S/C15H27N3O3/c1-5-12-17-13(15(19)21-6-2)14(16)18(12)8-10-20-9-7-11(3)4/h11H,5-10,16H2,1-4H3. The lowest BCUT2D eigenvalue weighted by molar-refractivity contribution is 0.0521. The number of nitrogens with zero attached hydrogens (tertiary/aromatic N) is 2. The third-order valence-electron chi connectivity index (χ3n) is 3.17. The number of hydrogen-bond donors (Lipinski definition) is 1. The van der Waals surface area contributed by atoms with Gasteiger partial charge >= 0.3 is 5.97 Å². The molecule has 0 unspecified atom stereocenters. The zero-order valence-electron chi connectivity index (χ0n) is 13.5. The number of nitrogen functional groups attached to an aromatic ring is 1. The van der Waals surface area contributed by atoms with Gasteiger partial charge < -0.3 is 19.8 Å². The molecule has 0 bridgehead atoms. The van der Waals surface area contributed by atoms with Crippen molar-refractivity contribution in [2.75, 3.05) is 25.6 Å². The van der Waals surface area contributed by atoms with Gasteiger partial charge in [-0.3, -0.25) is 0 Å². The van der Waals surface area contributed by atoms with Gasteiger partial charge in [0.05, 0.1) is 13.2 Å². The molecule has 0 aliphatic rings. The van der Waals surface area contributed by atoms with Crippen molar-refractivity contribution in [3.63, 3.8) is 0 Å². The van der Waals surface area contributed by atoms with Gasteiger partial charge in [0.15, 0.2) is 5.69 Å². The van der Waals surface area contributed by atoms with E-state index in [1.165, 1.54) is 0 Å². The first kappa shape index (κ1) is 17.5. The fourth-order valence-electron chi connectivity index (χ4n) is 1.96. The quantitative estimate of drug-likeness (QED) is 0.558. The molecule has 21 heavy (non-hydrogen) atoms. The van der Waals surface area contributed by atoms with Crippen molar-refractivity contribution in [1.82, 2.24) is 9.55 Å². The van der Waals surface area contributed by atoms with E-state index in [0.717, 1.165) is 18.9 Å². The summed E-state index contributed by atoms with van der Waals surface area (Å²) in [7, 11) is 0. The first-order valence-corrected chi connectivity index (χ1v) is 7.60. The lowest BCUT2D eigenvalue weighted by atomic mass is 10.1. The highest BCUT2D eigenvalue weighted by Gasteiger charge is 2.20. The van der Waals surface area contributed by atoms with Crippen LogP contribution in [0.25, 0.3) is 0 Å². The fraction of sp³-hybridized carbons (Fsp3) is 0.733. The van der Waals surface area contributed by atoms with Crippen molar-refractivity contribution in [2.24, 2.45) is 5.92 Å². The Bertz CT molecular complexity index is 455. The van der Waals surface area contributed by atoms with Crippen LogP contribution in [-0.2, 0) is 22.4 Å². The summed E-state index contributed by atoms with van der Waals surface area (Å²) >= 11 is 0. The second-order valence-electron chi connectivity index (χ2n) is 5.28. The highest BCUT2D eigenvalue weighted by Crippen LogP contribution is 2.16. The van der Waals surface area contributed by atoms with Crippen molar-refractivity contribution in [1.29, 1.82) is 0 Å². The summed E-state index contributed by atoms with van der Waals surface area (Å²) in [6.45, 7) is 10.3. The lowest BCUT2D eigenvalue weighted by Crippen LogP contribution is -2.14. The molecule has 0 aliphatic heterocycles. The highest BCUT2D eigenvalue weighted by atomic mass is 16.5. The van der Waals surface area contributed by atoms with Crippen molar-refractivity contribution in [3.8, 4) is 0 Å². The molecule has 0 radical (unpaired) electrons. The van der Waals surface area contributed by atoms with Gasteiger partial charge in [-0.25, -0.2) is 9.78 Å². The molecule has 0 saturated carbocycles. The van der Waals surface area contributed by atoms with E-state index < -0.39 is 5.97 Å². The van der Waals surface area contributed by atoms with E-state index in [-0.39, 0.29) is 5.69 Å². The first-order chi connectivity index (χ1) is 10.0. The number of anilines is 1. The van der Waals surface area contributed by atoms with E-state index in [0.29, 0.717) is 37.9 Å². The van der Waals surface area contributed by atoms with Crippen molar-refractivity contribution in [3.05, 3.63) is 11.5 Å². The summed E-state index contributed by atoms with van der Waals surface area (Å²) < 4.78 is 12.4. The van der Waals surface area contributed by atoms with Crippen LogP contribution in [0.15, 0.2) is 0 Å². The Morgan fingerprint density at radius 3 is 2.62 bits per heavy atom. The molecule has 6 nitrogen and oxygen atoms in total. The molecule has 0 fully saturated rings. The van der Waals surface area contributed by atoms with Crippen molar-refractivity contribution < 1.29 is 14.3 Å². The molecular weight excluding hydrogens is 270 g/mol. The van der Waals surface area contributed by atoms with Crippen molar-refractivity contribution >= 4 is 11.8 Å². The topological polar surface area (TPSA) is 79.4 Å². The van der Waals surface area contributed by atoms with Crippen LogP contribution < -0.4 is 5.73 Å². The Labute approximate surface area is 126 Å². The SMILES string of the molecule is CCOC(=O)c1nc(CC)n(CCOCCC(C)C)c1N. The smallest absolute Gasteiger partial charge is 0.360 e. The lowest BCUT2D eigenvalue weighted by Gasteiger charge is -2.10. The van der Waals surface area contributed by atoms with E-state index >= 15 is 0 Å². The van der Waals surface area contributed by atoms with Gasteiger partial charge in [0, 0.05) is 19.6 Å². The molecule has 0 aromatic carbocycles. The number of esters is 1. The molecule has 0 amide bonds. The van der Waals surface area contributed by atoms with Crippen LogP contribution in [0.3, 0.4) is 0 Å². The van der Waals surface area contributed by atoms with Gasteiger partial charge in [-0.2, -0.15) is 0 Å². The number of imidazole rings is 1. The highest BCUT2D eigenvalue weighted by molar-refractivity contribution is 5.92. The average Bonchev–Trinajstić information content (AvgIpc) is 2.75. The van der Waals surface area contributed by atoms with Crippen LogP contribution in [0.2, 0.25) is 0 Å². The summed E-state index contributed by atoms with van der Waals surface area (Å²) in [5.74, 6) is 1.30. The van der Waals surface area contributed by atoms with Crippen LogP contribution in [-0.4, -0.2) is 35.3 Å². The largest absolute Gasteiger partial charge is 0.461 e. The van der Waals surface area contributed by atoms with Crippen molar-refractivity contribution in [2.45, 2.75) is 47.1 Å². The number of aryl methyl sites for hydroxylation is 1. The van der Waals surface area contributed by atoms with Gasteiger partial charge in [-0.05, 0) is 19.3 Å². The number of nitrogens with two attached hydrogens (primary N) is 1. The fourth-order valence-corrected chi connectivity index (χ4v) is 1.96. The first-order valence-electron chi connectivity index (χ1n) is 7.60. The van der Waals surface area contributed by atoms with E-state index in [2.05, 4.69) is 18.8 Å². The molecule has 0 saturated heterocycles. The predicted octanol–water partition coefficient (Wildman–Crippen LogP) is 2.27. The molecule has 0 atom stereocenters. The maximum absolute atomic E-state index is 11.8. The van der Waals surface area contributed by atoms with Gasteiger partial charge in [-0.15, -0.1) is 0 Å². The van der Waals surface area contributed by atoms with Gasteiger partial charge in [0.25, 0.3) is 0 Å². The Kier molecular flexibility index (Phi) is 7.22. The second-order valence-corrected chi connectivity index (χ2v) is 5.28. The maximum atomic E-state index is 11.8. The summed E-state index contributed by atoms with van der Waals surface area (Å²) in [4.78, 5) is 16.1. The second kappa shape index (κ2) is 8.67. The predicted molar refractivity (Wildman–Crippen MR) is 82.2 cm³/mol. The summed E-state index contributed by atoms with van der Waals surface area (Å²) in [5.41, 5.74) is 6.22. The van der Waals surface area contributed by atoms with E-state index in [1.54, 1.807) is 6.92 Å². The molecule has 1 rings (SSSR count). The third kappa shape index (κ3) is 5.04. The van der Waals surface area contributed by atoms with Gasteiger partial charge in [-0.1, -0.05) is 20.8 Å². The van der Waals surface area contributed by atoms with Crippen LogP contribution in [0.1, 0.15) is 50.4 Å². The Morgan fingerprint density at radius 2 is 2.05 bits per heavy atom. The molecule has 6 heteroatoms. The van der Waals surface area contributed by atoms with Gasteiger partial charge in [0.2, 0.25) is 0 Å². The third-order valence-corrected chi connectivity index (χ3v) is 3.17. The normalized spacial score (nSPS) is 11.1. The van der Waals surface area contributed by atoms with Crippen LogP contribution in [0.5, 0.6) is 0 Å². The van der Waals surface area contributed by atoms with E-state index in [1.807, 2.05) is 11.5 Å². The minimum atomic E-state index is -0.468. The number of ether oxygens (including phenoxy) is 2. The molecule has 0 aliphatic carbocycles. The zero-order valence-corrected chi connectivity index (χ0v) is 13.5. The molecule has 120 valence electrons. The van der Waals surface area contributed by atoms with E-state index in [9.17, 15) is 4.79 Å². The Morgan fingerprint density at radius 1 is 1.33 bits per heavy atom. The van der Waals surface area contributed by atoms with Crippen LogP contribution >= 0.6 is 0 Å².